The molecule has 6 heteroatoms. The summed E-state index contributed by atoms with van der Waals surface area (Å²) in [4.78, 5) is 4.28. The van der Waals surface area contributed by atoms with Crippen molar-refractivity contribution in [1.29, 1.82) is 0 Å². The molecular formula is C10H15Br2N3O. The van der Waals surface area contributed by atoms with E-state index in [9.17, 15) is 0 Å². The maximum Gasteiger partial charge on any atom is 0.140 e. The lowest BCUT2D eigenvalue weighted by Crippen LogP contribution is -2.28. The topological polar surface area (TPSA) is 60.2 Å². The van der Waals surface area contributed by atoms with Gasteiger partial charge in [-0.1, -0.05) is 0 Å². The maximum absolute atomic E-state index is 5.54. The van der Waals surface area contributed by atoms with Gasteiger partial charge in [-0.15, -0.1) is 0 Å². The molecule has 16 heavy (non-hydrogen) atoms. The Morgan fingerprint density at radius 1 is 1.56 bits per heavy atom. The highest BCUT2D eigenvalue weighted by atomic mass is 79.9. The number of nitrogens with zero attached hydrogens (tertiary/aromatic N) is 1. The Hall–Kier alpha value is -0.170. The fourth-order valence-electron chi connectivity index (χ4n) is 1.31. The molecule has 3 N–H and O–H groups in total. The summed E-state index contributed by atoms with van der Waals surface area (Å²) in [6, 6.07) is 2.13. The molecule has 1 unspecified atom stereocenters. The Bertz CT molecular complexity index is 330. The van der Waals surface area contributed by atoms with Crippen molar-refractivity contribution in [2.24, 2.45) is 5.73 Å². The molecule has 1 heterocycles. The van der Waals surface area contributed by atoms with Crippen molar-refractivity contribution in [3.05, 3.63) is 21.2 Å². The summed E-state index contributed by atoms with van der Waals surface area (Å²) in [5.41, 5.74) is 5.54. The van der Waals surface area contributed by atoms with Gasteiger partial charge >= 0.3 is 0 Å². The summed E-state index contributed by atoms with van der Waals surface area (Å²) in [7, 11) is 1.68. The van der Waals surface area contributed by atoms with Crippen LogP contribution < -0.4 is 11.1 Å². The summed E-state index contributed by atoms with van der Waals surface area (Å²) in [6.45, 7) is 1.23. The highest BCUT2D eigenvalue weighted by Crippen LogP contribution is 2.24. The van der Waals surface area contributed by atoms with Gasteiger partial charge in [-0.05, 0) is 50.9 Å². The van der Waals surface area contributed by atoms with E-state index >= 15 is 0 Å². The third kappa shape index (κ3) is 4.37. The smallest absolute Gasteiger partial charge is 0.140 e. The van der Waals surface area contributed by atoms with Crippen LogP contribution in [0.2, 0.25) is 0 Å². The Morgan fingerprint density at radius 2 is 2.31 bits per heavy atom. The fraction of sp³-hybridized carbons (Fsp3) is 0.500. The van der Waals surface area contributed by atoms with Crippen LogP contribution in [0.5, 0.6) is 0 Å². The minimum Gasteiger partial charge on any atom is -0.383 e. The number of anilines is 1. The molecule has 0 aliphatic carbocycles. The number of methoxy groups -OCH3 is 1. The monoisotopic (exact) mass is 351 g/mol. The highest BCUT2D eigenvalue weighted by molar-refractivity contribution is 9.11. The van der Waals surface area contributed by atoms with Crippen LogP contribution in [0.25, 0.3) is 0 Å². The van der Waals surface area contributed by atoms with Crippen LogP contribution in [0.15, 0.2) is 21.2 Å². The first kappa shape index (κ1) is 13.9. The van der Waals surface area contributed by atoms with Crippen LogP contribution >= 0.6 is 31.9 Å². The van der Waals surface area contributed by atoms with Crippen LogP contribution in [0.1, 0.15) is 6.42 Å². The second-order valence-electron chi connectivity index (χ2n) is 3.36. The molecule has 0 saturated carbocycles. The van der Waals surface area contributed by atoms with Gasteiger partial charge in [0.05, 0.1) is 17.1 Å². The maximum atomic E-state index is 5.54. The molecule has 90 valence electrons. The van der Waals surface area contributed by atoms with E-state index < -0.39 is 0 Å². The van der Waals surface area contributed by atoms with Crippen LogP contribution in [0.3, 0.4) is 0 Å². The van der Waals surface area contributed by atoms with Gasteiger partial charge in [-0.25, -0.2) is 4.98 Å². The first-order chi connectivity index (χ1) is 7.67. The minimum atomic E-state index is 0.181. The molecule has 0 amide bonds. The molecule has 0 bridgehead atoms. The number of hydrogen-bond acceptors (Lipinski definition) is 4. The molecule has 1 rings (SSSR count). The summed E-state index contributed by atoms with van der Waals surface area (Å²) in [6.07, 6.45) is 2.59. The quantitative estimate of drug-likeness (QED) is 0.825. The third-order valence-electron chi connectivity index (χ3n) is 2.03. The first-order valence-electron chi connectivity index (χ1n) is 4.94. The molecule has 0 aliphatic heterocycles. The SMILES string of the molecule is COCC(CCN)Nc1ncc(Br)cc1Br. The molecule has 0 spiro atoms. The molecular weight excluding hydrogens is 338 g/mol. The summed E-state index contributed by atoms with van der Waals surface area (Å²) >= 11 is 6.81. The van der Waals surface area contributed by atoms with Gasteiger partial charge in [0, 0.05) is 17.8 Å². The van der Waals surface area contributed by atoms with Crippen molar-refractivity contribution in [3.63, 3.8) is 0 Å². The molecule has 1 aromatic rings. The van der Waals surface area contributed by atoms with Crippen molar-refractivity contribution < 1.29 is 4.74 Å². The van der Waals surface area contributed by atoms with Crippen molar-refractivity contribution in [3.8, 4) is 0 Å². The summed E-state index contributed by atoms with van der Waals surface area (Å²) < 4.78 is 6.98. The van der Waals surface area contributed by atoms with E-state index in [1.54, 1.807) is 13.3 Å². The molecule has 0 fully saturated rings. The van der Waals surface area contributed by atoms with Crippen LogP contribution in [0.4, 0.5) is 5.82 Å². The molecule has 1 atom stereocenters. The van der Waals surface area contributed by atoms with Gasteiger partial charge in [0.2, 0.25) is 0 Å². The van der Waals surface area contributed by atoms with Crippen molar-refractivity contribution in [2.75, 3.05) is 25.6 Å². The van der Waals surface area contributed by atoms with E-state index in [0.29, 0.717) is 13.2 Å². The Kier molecular flexibility index (Phi) is 6.26. The van der Waals surface area contributed by atoms with Gasteiger partial charge < -0.3 is 15.8 Å². The second-order valence-corrected chi connectivity index (χ2v) is 5.13. The van der Waals surface area contributed by atoms with Crippen molar-refractivity contribution in [2.45, 2.75) is 12.5 Å². The third-order valence-corrected chi connectivity index (χ3v) is 3.07. The average molecular weight is 353 g/mol. The Morgan fingerprint density at radius 3 is 2.88 bits per heavy atom. The zero-order valence-corrected chi connectivity index (χ0v) is 12.2. The number of hydrogen-bond donors (Lipinski definition) is 2. The molecule has 4 nitrogen and oxygen atoms in total. The van der Waals surface area contributed by atoms with Gasteiger partial charge in [-0.2, -0.15) is 0 Å². The Labute approximate surface area is 112 Å². The molecule has 0 aliphatic rings. The second kappa shape index (κ2) is 7.21. The van der Waals surface area contributed by atoms with Crippen molar-refractivity contribution >= 4 is 37.7 Å². The largest absolute Gasteiger partial charge is 0.383 e. The summed E-state index contributed by atoms with van der Waals surface area (Å²) in [5.74, 6) is 0.804. The normalized spacial score (nSPS) is 12.5. The number of rotatable bonds is 6. The standard InChI is InChI=1S/C10H15Br2N3O/c1-16-6-8(2-3-13)15-10-9(12)4-7(11)5-14-10/h4-5,8H,2-3,6,13H2,1H3,(H,14,15). The van der Waals surface area contributed by atoms with Gasteiger partial charge in [-0.3, -0.25) is 0 Å². The molecule has 0 saturated heterocycles. The zero-order valence-electron chi connectivity index (χ0n) is 9.04. The van der Waals surface area contributed by atoms with E-state index in [1.165, 1.54) is 0 Å². The van der Waals surface area contributed by atoms with E-state index in [0.717, 1.165) is 21.2 Å². The predicted molar refractivity (Wildman–Crippen MR) is 72.6 cm³/mol. The number of ether oxygens (including phenoxy) is 1. The fourth-order valence-corrected chi connectivity index (χ4v) is 2.42. The number of nitrogens with one attached hydrogen (secondary N) is 1. The molecule has 1 aromatic heterocycles. The van der Waals surface area contributed by atoms with Gasteiger partial charge in [0.15, 0.2) is 0 Å². The average Bonchev–Trinajstić information content (AvgIpc) is 2.23. The zero-order chi connectivity index (χ0) is 12.0. The minimum absolute atomic E-state index is 0.181. The van der Waals surface area contributed by atoms with Crippen LogP contribution in [-0.2, 0) is 4.74 Å². The predicted octanol–water partition coefficient (Wildman–Crippen LogP) is 2.38. The number of nitrogens with two attached hydrogens (primary N) is 1. The molecule has 0 aromatic carbocycles. The lowest BCUT2D eigenvalue weighted by molar-refractivity contribution is 0.183. The van der Waals surface area contributed by atoms with E-state index in [1.807, 2.05) is 6.07 Å². The Balaban J connectivity index is 2.68. The lowest BCUT2D eigenvalue weighted by atomic mass is 10.2. The van der Waals surface area contributed by atoms with Crippen LogP contribution in [0, 0.1) is 0 Å². The number of pyridine rings is 1. The first-order valence-corrected chi connectivity index (χ1v) is 6.52. The number of halogens is 2. The lowest BCUT2D eigenvalue weighted by Gasteiger charge is -2.18. The van der Waals surface area contributed by atoms with Crippen LogP contribution in [-0.4, -0.2) is 31.3 Å². The van der Waals surface area contributed by atoms with Crippen molar-refractivity contribution in [1.82, 2.24) is 4.98 Å². The van der Waals surface area contributed by atoms with E-state index in [4.69, 9.17) is 10.5 Å². The van der Waals surface area contributed by atoms with E-state index in [-0.39, 0.29) is 6.04 Å². The highest BCUT2D eigenvalue weighted by Gasteiger charge is 2.10. The number of aromatic nitrogens is 1. The van der Waals surface area contributed by atoms with Gasteiger partial charge in [0.25, 0.3) is 0 Å². The van der Waals surface area contributed by atoms with Gasteiger partial charge in [0.1, 0.15) is 5.82 Å². The molecule has 0 radical (unpaired) electrons. The van der Waals surface area contributed by atoms with E-state index in [2.05, 4.69) is 42.2 Å². The summed E-state index contributed by atoms with van der Waals surface area (Å²) in [5, 5.41) is 3.29.